The summed E-state index contributed by atoms with van der Waals surface area (Å²) in [6, 6.07) is 6.78. The lowest BCUT2D eigenvalue weighted by Crippen LogP contribution is -2.47. The van der Waals surface area contributed by atoms with E-state index in [-0.39, 0.29) is 17.5 Å². The van der Waals surface area contributed by atoms with E-state index in [4.69, 9.17) is 4.74 Å². The fourth-order valence-electron chi connectivity index (χ4n) is 1.88. The maximum atomic E-state index is 13.5. The van der Waals surface area contributed by atoms with E-state index in [0.717, 1.165) is 6.54 Å². The zero-order valence-electron chi connectivity index (χ0n) is 9.09. The van der Waals surface area contributed by atoms with Crippen LogP contribution >= 0.6 is 0 Å². The van der Waals surface area contributed by atoms with E-state index in [1.54, 1.807) is 12.1 Å². The molecule has 2 nitrogen and oxygen atoms in total. The first-order chi connectivity index (χ1) is 7.08. The third-order valence-corrected chi connectivity index (χ3v) is 2.59. The minimum Gasteiger partial charge on any atom is -0.365 e. The summed E-state index contributed by atoms with van der Waals surface area (Å²) in [6.07, 6.45) is -0.185. The molecule has 0 bridgehead atoms. The van der Waals surface area contributed by atoms with Gasteiger partial charge in [0.2, 0.25) is 0 Å². The van der Waals surface area contributed by atoms with Crippen LogP contribution in [0.1, 0.15) is 25.5 Å². The van der Waals surface area contributed by atoms with Gasteiger partial charge in [-0.15, -0.1) is 0 Å². The number of benzene rings is 1. The molecule has 1 aliphatic rings. The number of rotatable bonds is 1. The first-order valence-electron chi connectivity index (χ1n) is 5.21. The van der Waals surface area contributed by atoms with Crippen molar-refractivity contribution in [2.75, 3.05) is 13.1 Å². The first-order valence-corrected chi connectivity index (χ1v) is 5.21. The molecule has 15 heavy (non-hydrogen) atoms. The van der Waals surface area contributed by atoms with Gasteiger partial charge in [-0.25, -0.2) is 4.39 Å². The monoisotopic (exact) mass is 209 g/mol. The van der Waals surface area contributed by atoms with Crippen molar-refractivity contribution in [2.24, 2.45) is 0 Å². The molecule has 1 heterocycles. The highest BCUT2D eigenvalue weighted by Crippen LogP contribution is 2.28. The second-order valence-corrected chi connectivity index (χ2v) is 4.52. The molecule has 1 N–H and O–H groups in total. The quantitative estimate of drug-likeness (QED) is 0.766. The largest absolute Gasteiger partial charge is 0.365 e. The number of hydrogen-bond acceptors (Lipinski definition) is 2. The van der Waals surface area contributed by atoms with E-state index in [1.807, 2.05) is 19.9 Å². The minimum absolute atomic E-state index is 0.185. The summed E-state index contributed by atoms with van der Waals surface area (Å²) in [7, 11) is 0. The van der Waals surface area contributed by atoms with Crippen LogP contribution < -0.4 is 5.32 Å². The molecule has 2 rings (SSSR count). The number of ether oxygens (including phenoxy) is 1. The van der Waals surface area contributed by atoms with Gasteiger partial charge < -0.3 is 10.1 Å². The van der Waals surface area contributed by atoms with Crippen LogP contribution in [0.3, 0.4) is 0 Å². The van der Waals surface area contributed by atoms with Crippen LogP contribution in [-0.2, 0) is 4.74 Å². The normalized spacial score (nSPS) is 25.1. The van der Waals surface area contributed by atoms with Crippen molar-refractivity contribution < 1.29 is 9.13 Å². The summed E-state index contributed by atoms with van der Waals surface area (Å²) < 4.78 is 19.4. The maximum absolute atomic E-state index is 13.5. The predicted octanol–water partition coefficient (Wildman–Crippen LogP) is 2.27. The Bertz CT molecular complexity index is 351. The van der Waals surface area contributed by atoms with Gasteiger partial charge in [-0.1, -0.05) is 18.2 Å². The lowest BCUT2D eigenvalue weighted by molar-refractivity contribution is -0.0970. The Balaban J connectivity index is 2.21. The first kappa shape index (κ1) is 10.6. The van der Waals surface area contributed by atoms with Crippen molar-refractivity contribution in [3.63, 3.8) is 0 Å². The molecule has 1 aromatic rings. The van der Waals surface area contributed by atoms with Crippen molar-refractivity contribution in [1.82, 2.24) is 5.32 Å². The molecule has 1 fully saturated rings. The highest BCUT2D eigenvalue weighted by atomic mass is 19.1. The second kappa shape index (κ2) is 3.91. The Labute approximate surface area is 89.4 Å². The second-order valence-electron chi connectivity index (χ2n) is 4.52. The maximum Gasteiger partial charge on any atom is 0.129 e. The molecule has 0 spiro atoms. The molecular formula is C12H16FNO. The van der Waals surface area contributed by atoms with Crippen molar-refractivity contribution in [2.45, 2.75) is 25.6 Å². The summed E-state index contributed by atoms with van der Waals surface area (Å²) >= 11 is 0. The molecule has 1 unspecified atom stereocenters. The summed E-state index contributed by atoms with van der Waals surface area (Å²) in [5.74, 6) is -0.193. The van der Waals surface area contributed by atoms with Gasteiger partial charge in [0.1, 0.15) is 5.82 Å². The lowest BCUT2D eigenvalue weighted by Gasteiger charge is -2.36. The molecule has 0 saturated carbocycles. The lowest BCUT2D eigenvalue weighted by atomic mass is 10.0. The van der Waals surface area contributed by atoms with Gasteiger partial charge in [0.15, 0.2) is 0 Å². The van der Waals surface area contributed by atoms with Crippen molar-refractivity contribution in [1.29, 1.82) is 0 Å². The number of hydrogen-bond donors (Lipinski definition) is 1. The average Bonchev–Trinajstić information content (AvgIpc) is 2.17. The molecule has 1 aliphatic heterocycles. The highest BCUT2D eigenvalue weighted by Gasteiger charge is 2.30. The molecule has 1 aromatic carbocycles. The van der Waals surface area contributed by atoms with Crippen LogP contribution in [0.4, 0.5) is 4.39 Å². The molecule has 82 valence electrons. The van der Waals surface area contributed by atoms with Crippen LogP contribution in [0.5, 0.6) is 0 Å². The van der Waals surface area contributed by atoms with Crippen molar-refractivity contribution in [3.8, 4) is 0 Å². The summed E-state index contributed by atoms with van der Waals surface area (Å²) in [6.45, 7) is 5.49. The summed E-state index contributed by atoms with van der Waals surface area (Å²) in [4.78, 5) is 0. The van der Waals surface area contributed by atoms with E-state index in [2.05, 4.69) is 5.32 Å². The standard InChI is InChI=1S/C12H16FNO/c1-12(2)8-14-7-11(15-12)9-5-3-4-6-10(9)13/h3-6,11,14H,7-8H2,1-2H3. The Kier molecular flexibility index (Phi) is 2.76. The van der Waals surface area contributed by atoms with Crippen LogP contribution in [0, 0.1) is 5.82 Å². The van der Waals surface area contributed by atoms with E-state index < -0.39 is 0 Å². The molecule has 1 atom stereocenters. The fraction of sp³-hybridized carbons (Fsp3) is 0.500. The Morgan fingerprint density at radius 3 is 2.80 bits per heavy atom. The van der Waals surface area contributed by atoms with E-state index in [1.165, 1.54) is 6.07 Å². The van der Waals surface area contributed by atoms with E-state index in [0.29, 0.717) is 12.1 Å². The zero-order valence-corrected chi connectivity index (χ0v) is 9.09. The molecule has 0 radical (unpaired) electrons. The van der Waals surface area contributed by atoms with E-state index >= 15 is 0 Å². The van der Waals surface area contributed by atoms with Gasteiger partial charge >= 0.3 is 0 Å². The smallest absolute Gasteiger partial charge is 0.129 e. The zero-order chi connectivity index (χ0) is 10.9. The van der Waals surface area contributed by atoms with Gasteiger partial charge in [-0.3, -0.25) is 0 Å². The average molecular weight is 209 g/mol. The number of halogens is 1. The molecule has 3 heteroatoms. The Morgan fingerprint density at radius 1 is 1.40 bits per heavy atom. The van der Waals surface area contributed by atoms with Gasteiger partial charge in [-0.2, -0.15) is 0 Å². The van der Waals surface area contributed by atoms with Crippen molar-refractivity contribution >= 4 is 0 Å². The number of nitrogens with one attached hydrogen (secondary N) is 1. The van der Waals surface area contributed by atoms with Crippen LogP contribution in [-0.4, -0.2) is 18.7 Å². The highest BCUT2D eigenvalue weighted by molar-refractivity contribution is 5.21. The van der Waals surface area contributed by atoms with Crippen LogP contribution in [0.25, 0.3) is 0 Å². The van der Waals surface area contributed by atoms with Crippen molar-refractivity contribution in [3.05, 3.63) is 35.6 Å². The third-order valence-electron chi connectivity index (χ3n) is 2.59. The molecule has 0 aliphatic carbocycles. The molecule has 0 amide bonds. The van der Waals surface area contributed by atoms with Crippen LogP contribution in [0.15, 0.2) is 24.3 Å². The Hall–Kier alpha value is -0.930. The van der Waals surface area contributed by atoms with Gasteiger partial charge in [0, 0.05) is 18.7 Å². The molecular weight excluding hydrogens is 193 g/mol. The van der Waals surface area contributed by atoms with E-state index in [9.17, 15) is 4.39 Å². The summed E-state index contributed by atoms with van der Waals surface area (Å²) in [5.41, 5.74) is 0.406. The number of morpholine rings is 1. The predicted molar refractivity (Wildman–Crippen MR) is 57.2 cm³/mol. The Morgan fingerprint density at radius 2 is 2.13 bits per heavy atom. The fourth-order valence-corrected chi connectivity index (χ4v) is 1.88. The minimum atomic E-state index is -0.231. The SMILES string of the molecule is CC1(C)CNCC(c2ccccc2F)O1. The topological polar surface area (TPSA) is 21.3 Å². The third kappa shape index (κ3) is 2.36. The summed E-state index contributed by atoms with van der Waals surface area (Å²) in [5, 5.41) is 3.26. The van der Waals surface area contributed by atoms with Gasteiger partial charge in [-0.05, 0) is 19.9 Å². The molecule has 1 saturated heterocycles. The van der Waals surface area contributed by atoms with Crippen LogP contribution in [0.2, 0.25) is 0 Å². The molecule has 0 aromatic heterocycles. The van der Waals surface area contributed by atoms with Gasteiger partial charge in [0.05, 0.1) is 11.7 Å². The van der Waals surface area contributed by atoms with Gasteiger partial charge in [0.25, 0.3) is 0 Å².